The van der Waals surface area contributed by atoms with Crippen molar-refractivity contribution in [3.05, 3.63) is 41.0 Å². The molecule has 1 aliphatic heterocycles. The van der Waals surface area contributed by atoms with E-state index in [-0.39, 0.29) is 17.9 Å². The Morgan fingerprint density at radius 2 is 1.92 bits per heavy atom. The normalized spacial score (nSPS) is 31.2. The van der Waals surface area contributed by atoms with Crippen LogP contribution in [0.4, 0.5) is 0 Å². The van der Waals surface area contributed by atoms with Crippen molar-refractivity contribution >= 4 is 10.0 Å². The van der Waals surface area contributed by atoms with Gasteiger partial charge in [0.25, 0.3) is 0 Å². The van der Waals surface area contributed by atoms with E-state index < -0.39 is 15.9 Å². The first-order chi connectivity index (χ1) is 12.5. The van der Waals surface area contributed by atoms with Crippen LogP contribution in [0.5, 0.6) is 0 Å². The van der Waals surface area contributed by atoms with Crippen LogP contribution < -0.4 is 0 Å². The smallest absolute Gasteiger partial charge is 0.207 e. The van der Waals surface area contributed by atoms with Gasteiger partial charge in [0, 0.05) is 24.1 Å². The summed E-state index contributed by atoms with van der Waals surface area (Å²) in [4.78, 5) is 0.329. The van der Waals surface area contributed by atoms with Crippen LogP contribution in [0.2, 0.25) is 0 Å². The first kappa shape index (κ1) is 17.3. The Bertz CT molecular complexity index is 950. The maximum Gasteiger partial charge on any atom is 0.243 e. The van der Waals surface area contributed by atoms with Gasteiger partial charge in [0.1, 0.15) is 0 Å². The third-order valence-corrected chi connectivity index (χ3v) is 8.10. The topological polar surface area (TPSA) is 85.0 Å². The molecule has 0 aromatic heterocycles. The average Bonchev–Trinajstić information content (AvgIpc) is 3.03. The van der Waals surface area contributed by atoms with Crippen molar-refractivity contribution in [1.29, 1.82) is 10.5 Å². The Morgan fingerprint density at radius 1 is 1.19 bits per heavy atom. The van der Waals surface area contributed by atoms with Crippen LogP contribution >= 0.6 is 0 Å². The molecule has 1 aromatic carbocycles. The number of allylic oxidation sites excluding steroid dienone is 1. The summed E-state index contributed by atoms with van der Waals surface area (Å²) in [5.41, 5.74) is 2.68. The molecular weight excluding hydrogens is 346 g/mol. The van der Waals surface area contributed by atoms with E-state index in [0.717, 1.165) is 30.4 Å². The highest BCUT2D eigenvalue weighted by atomic mass is 32.2. The fourth-order valence-corrected chi connectivity index (χ4v) is 6.78. The summed E-state index contributed by atoms with van der Waals surface area (Å²) in [6.07, 6.45) is 3.10. The summed E-state index contributed by atoms with van der Waals surface area (Å²) < 4.78 is 28.2. The summed E-state index contributed by atoms with van der Waals surface area (Å²) >= 11 is 0. The van der Waals surface area contributed by atoms with E-state index in [0.29, 0.717) is 23.4 Å². The molecule has 0 unspecified atom stereocenters. The van der Waals surface area contributed by atoms with Gasteiger partial charge < -0.3 is 0 Å². The molecule has 4 rings (SSSR count). The molecule has 1 heterocycles. The van der Waals surface area contributed by atoms with Crippen LogP contribution in [0.25, 0.3) is 0 Å². The minimum absolute atomic E-state index is 0.0851. The summed E-state index contributed by atoms with van der Waals surface area (Å²) in [6.45, 7) is 2.39. The molecule has 1 aromatic rings. The number of hydrogen-bond donors (Lipinski definition) is 0. The number of benzene rings is 1. The van der Waals surface area contributed by atoms with Crippen LogP contribution in [-0.4, -0.2) is 25.3 Å². The molecule has 0 amide bonds. The van der Waals surface area contributed by atoms with Crippen LogP contribution in [0.3, 0.4) is 0 Å². The molecule has 4 atom stereocenters. The zero-order chi connectivity index (χ0) is 18.5. The Morgan fingerprint density at radius 3 is 2.58 bits per heavy atom. The lowest BCUT2D eigenvalue weighted by Gasteiger charge is -2.38. The molecule has 2 fully saturated rings. The maximum absolute atomic E-state index is 13.3. The van der Waals surface area contributed by atoms with Crippen molar-refractivity contribution in [2.45, 2.75) is 43.5 Å². The monoisotopic (exact) mass is 367 g/mol. The van der Waals surface area contributed by atoms with Gasteiger partial charge in [0.15, 0.2) is 0 Å². The molecule has 134 valence electrons. The second kappa shape index (κ2) is 6.23. The predicted octanol–water partition coefficient (Wildman–Crippen LogP) is 3.15. The van der Waals surface area contributed by atoms with Gasteiger partial charge in [-0.05, 0) is 50.7 Å². The molecular formula is C20H21N3O2S. The van der Waals surface area contributed by atoms with E-state index in [9.17, 15) is 18.9 Å². The molecule has 1 saturated carbocycles. The lowest BCUT2D eigenvalue weighted by Crippen LogP contribution is -2.40. The second-order valence-corrected chi connectivity index (χ2v) is 9.49. The molecule has 6 heteroatoms. The van der Waals surface area contributed by atoms with Crippen molar-refractivity contribution in [1.82, 2.24) is 4.31 Å². The summed E-state index contributed by atoms with van der Waals surface area (Å²) in [7, 11) is -3.57. The van der Waals surface area contributed by atoms with E-state index >= 15 is 0 Å². The first-order valence-electron chi connectivity index (χ1n) is 9.08. The molecule has 0 radical (unpaired) electrons. The number of rotatable bonds is 2. The third kappa shape index (κ3) is 2.48. The number of nitriles is 2. The minimum atomic E-state index is -3.57. The van der Waals surface area contributed by atoms with E-state index in [2.05, 4.69) is 12.1 Å². The lowest BCUT2D eigenvalue weighted by molar-refractivity contribution is 0.275. The van der Waals surface area contributed by atoms with Gasteiger partial charge in [0.2, 0.25) is 10.0 Å². The van der Waals surface area contributed by atoms with E-state index in [1.807, 2.05) is 19.1 Å². The van der Waals surface area contributed by atoms with Crippen LogP contribution in [0.1, 0.15) is 31.2 Å². The molecule has 26 heavy (non-hydrogen) atoms. The highest BCUT2D eigenvalue weighted by Crippen LogP contribution is 2.52. The van der Waals surface area contributed by atoms with Gasteiger partial charge in [-0.25, -0.2) is 8.42 Å². The van der Waals surface area contributed by atoms with Crippen molar-refractivity contribution in [2.24, 2.45) is 17.8 Å². The highest BCUT2D eigenvalue weighted by molar-refractivity contribution is 7.89. The van der Waals surface area contributed by atoms with Gasteiger partial charge in [-0.3, -0.25) is 0 Å². The van der Waals surface area contributed by atoms with Crippen LogP contribution in [0, 0.1) is 47.3 Å². The van der Waals surface area contributed by atoms with Crippen molar-refractivity contribution in [3.8, 4) is 12.1 Å². The van der Waals surface area contributed by atoms with Crippen molar-refractivity contribution in [3.63, 3.8) is 0 Å². The molecule has 0 bridgehead atoms. The number of nitrogens with zero attached hydrogens (tertiary/aromatic N) is 3. The fourth-order valence-electron chi connectivity index (χ4n) is 5.05. The Labute approximate surface area is 154 Å². The average molecular weight is 367 g/mol. The van der Waals surface area contributed by atoms with E-state index in [4.69, 9.17) is 0 Å². The standard InChI is InChI=1S/C20H21N3O2S/c1-13-5-7-16(8-6-13)26(24,25)23-12-15-9-14(10-21)18(11-22)17-3-2-4-19(23)20(15)17/h5-8,14-15,19-20H,2-4,9,12H2,1H3/t14-,15-,19+,20-/m1/s1. The molecule has 3 aliphatic rings. The van der Waals surface area contributed by atoms with Gasteiger partial charge in [-0.15, -0.1) is 0 Å². The minimum Gasteiger partial charge on any atom is -0.207 e. The Kier molecular flexibility index (Phi) is 4.14. The molecule has 1 saturated heterocycles. The van der Waals surface area contributed by atoms with Crippen LogP contribution in [0.15, 0.2) is 40.3 Å². The van der Waals surface area contributed by atoms with Crippen LogP contribution in [-0.2, 0) is 10.0 Å². The van der Waals surface area contributed by atoms with Crippen molar-refractivity contribution in [2.75, 3.05) is 6.54 Å². The number of sulfonamides is 1. The molecule has 5 nitrogen and oxygen atoms in total. The Balaban J connectivity index is 1.75. The number of aryl methyl sites for hydroxylation is 1. The molecule has 0 N–H and O–H groups in total. The third-order valence-electron chi connectivity index (χ3n) is 6.19. The quantitative estimate of drug-likeness (QED) is 0.804. The lowest BCUT2D eigenvalue weighted by atomic mass is 9.66. The summed E-state index contributed by atoms with van der Waals surface area (Å²) in [6, 6.07) is 11.4. The molecule has 0 spiro atoms. The maximum atomic E-state index is 13.3. The zero-order valence-corrected chi connectivity index (χ0v) is 15.5. The van der Waals surface area contributed by atoms with E-state index in [1.165, 1.54) is 0 Å². The highest BCUT2D eigenvalue weighted by Gasteiger charge is 2.53. The second-order valence-electron chi connectivity index (χ2n) is 7.60. The number of hydrogen-bond acceptors (Lipinski definition) is 4. The van der Waals surface area contributed by atoms with E-state index in [1.54, 1.807) is 16.4 Å². The van der Waals surface area contributed by atoms with Gasteiger partial charge in [-0.1, -0.05) is 23.3 Å². The largest absolute Gasteiger partial charge is 0.243 e. The summed E-state index contributed by atoms with van der Waals surface area (Å²) in [5, 5.41) is 19.0. The fraction of sp³-hybridized carbons (Fsp3) is 0.500. The van der Waals surface area contributed by atoms with Gasteiger partial charge >= 0.3 is 0 Å². The van der Waals surface area contributed by atoms with Gasteiger partial charge in [-0.2, -0.15) is 14.8 Å². The van der Waals surface area contributed by atoms with Gasteiger partial charge in [0.05, 0.1) is 23.0 Å². The summed E-state index contributed by atoms with van der Waals surface area (Å²) in [5.74, 6) is -0.155. The SMILES string of the molecule is Cc1ccc(S(=O)(=O)N2C[C@H]3C[C@H](C#N)C(C#N)=C4CCC[C@H]2[C@@H]43)cc1. The first-order valence-corrected chi connectivity index (χ1v) is 10.5. The predicted molar refractivity (Wildman–Crippen MR) is 96.0 cm³/mol. The Hall–Kier alpha value is -2.15. The van der Waals surface area contributed by atoms with Crippen molar-refractivity contribution < 1.29 is 8.42 Å². The zero-order valence-electron chi connectivity index (χ0n) is 14.7. The molecule has 2 aliphatic carbocycles.